The first-order chi connectivity index (χ1) is 8.40. The van der Waals surface area contributed by atoms with Crippen molar-refractivity contribution in [1.82, 2.24) is 10.2 Å². The van der Waals surface area contributed by atoms with Crippen LogP contribution < -0.4 is 5.32 Å². The number of aliphatic carboxylic acids is 1. The third-order valence-electron chi connectivity index (χ3n) is 3.55. The molecule has 0 saturated carbocycles. The third kappa shape index (κ3) is 3.43. The van der Waals surface area contributed by atoms with E-state index in [1.807, 2.05) is 4.90 Å². The Kier molecular flexibility index (Phi) is 5.10. The summed E-state index contributed by atoms with van der Waals surface area (Å²) in [6.07, 6.45) is 0.581. The Bertz CT molecular complexity index is 321. The minimum Gasteiger partial charge on any atom is -0.481 e. The smallest absolute Gasteiger partial charge is 0.310 e. The average Bonchev–Trinajstić information content (AvgIpc) is 2.72. The number of hydrogen-bond acceptors (Lipinski definition) is 4. The first-order valence-corrected chi connectivity index (χ1v) is 6.15. The monoisotopic (exact) mass is 258 g/mol. The quantitative estimate of drug-likeness (QED) is 0.652. The van der Waals surface area contributed by atoms with Crippen molar-refractivity contribution in [3.8, 4) is 0 Å². The largest absolute Gasteiger partial charge is 0.481 e. The molecule has 1 aliphatic heterocycles. The molecule has 0 aromatic carbocycles. The molecule has 0 aliphatic carbocycles. The predicted molar refractivity (Wildman–Crippen MR) is 66.3 cm³/mol. The summed E-state index contributed by atoms with van der Waals surface area (Å²) in [4.78, 5) is 24.9. The highest BCUT2D eigenvalue weighted by molar-refractivity contribution is 5.81. The molecule has 2 N–H and O–H groups in total. The molecule has 1 saturated heterocycles. The fourth-order valence-corrected chi connectivity index (χ4v) is 2.09. The molecule has 104 valence electrons. The zero-order chi connectivity index (χ0) is 13.8. The van der Waals surface area contributed by atoms with Crippen LogP contribution in [0.5, 0.6) is 0 Å². The molecule has 1 aliphatic rings. The Labute approximate surface area is 107 Å². The highest BCUT2D eigenvalue weighted by atomic mass is 16.5. The average molecular weight is 258 g/mol. The van der Waals surface area contributed by atoms with Gasteiger partial charge in [-0.15, -0.1) is 0 Å². The number of carboxylic acid groups (broad SMARTS) is 1. The molecule has 1 rings (SSSR count). The Morgan fingerprint density at radius 2 is 2.22 bits per heavy atom. The van der Waals surface area contributed by atoms with Gasteiger partial charge in [0, 0.05) is 26.7 Å². The Balaban J connectivity index is 2.46. The van der Waals surface area contributed by atoms with Gasteiger partial charge in [-0.2, -0.15) is 0 Å². The summed E-state index contributed by atoms with van der Waals surface area (Å²) in [5.41, 5.74) is -0.735. The molecule has 2 unspecified atom stereocenters. The van der Waals surface area contributed by atoms with Crippen LogP contribution in [0.1, 0.15) is 20.3 Å². The van der Waals surface area contributed by atoms with E-state index in [9.17, 15) is 9.59 Å². The number of rotatable bonds is 6. The lowest BCUT2D eigenvalue weighted by Gasteiger charge is -2.25. The maximum atomic E-state index is 11.8. The van der Waals surface area contributed by atoms with Gasteiger partial charge in [-0.1, -0.05) is 0 Å². The van der Waals surface area contributed by atoms with Crippen LogP contribution in [0.15, 0.2) is 0 Å². The third-order valence-corrected chi connectivity index (χ3v) is 3.55. The normalized spacial score (nSPS) is 25.9. The lowest BCUT2D eigenvalue weighted by molar-refractivity contribution is -0.147. The van der Waals surface area contributed by atoms with Crippen molar-refractivity contribution in [2.24, 2.45) is 5.41 Å². The molecule has 1 fully saturated rings. The van der Waals surface area contributed by atoms with Crippen LogP contribution >= 0.6 is 0 Å². The number of carbonyl (C=O) groups excluding carboxylic acids is 1. The molecule has 6 heteroatoms. The second-order valence-corrected chi connectivity index (χ2v) is 5.05. The molecular formula is C12H22N2O4. The summed E-state index contributed by atoms with van der Waals surface area (Å²) in [6.45, 7) is 5.54. The first kappa shape index (κ1) is 14.9. The molecule has 18 heavy (non-hydrogen) atoms. The minimum absolute atomic E-state index is 0.0818. The number of carbonyl (C=O) groups is 2. The molecule has 0 spiro atoms. The Morgan fingerprint density at radius 3 is 2.72 bits per heavy atom. The number of likely N-dealkylation sites (tertiary alicyclic amines) is 1. The lowest BCUT2D eigenvalue weighted by Crippen LogP contribution is -2.46. The van der Waals surface area contributed by atoms with Crippen molar-refractivity contribution in [3.05, 3.63) is 0 Å². The molecular weight excluding hydrogens is 236 g/mol. The van der Waals surface area contributed by atoms with Crippen LogP contribution in [0.3, 0.4) is 0 Å². The predicted octanol–water partition coefficient (Wildman–Crippen LogP) is -0.0659. The summed E-state index contributed by atoms with van der Waals surface area (Å²) < 4.78 is 4.86. The van der Waals surface area contributed by atoms with Gasteiger partial charge in [0.25, 0.3) is 0 Å². The second-order valence-electron chi connectivity index (χ2n) is 5.05. The van der Waals surface area contributed by atoms with Gasteiger partial charge in [0.15, 0.2) is 0 Å². The van der Waals surface area contributed by atoms with E-state index < -0.39 is 11.4 Å². The molecule has 0 aromatic rings. The fraction of sp³-hybridized carbons (Fsp3) is 0.833. The van der Waals surface area contributed by atoms with E-state index in [4.69, 9.17) is 9.84 Å². The topological polar surface area (TPSA) is 78.9 Å². The van der Waals surface area contributed by atoms with Gasteiger partial charge < -0.3 is 15.2 Å². The first-order valence-electron chi connectivity index (χ1n) is 6.15. The van der Waals surface area contributed by atoms with Crippen molar-refractivity contribution in [2.45, 2.75) is 26.3 Å². The minimum atomic E-state index is -0.794. The van der Waals surface area contributed by atoms with E-state index in [1.165, 1.54) is 0 Å². The van der Waals surface area contributed by atoms with E-state index in [-0.39, 0.29) is 11.9 Å². The lowest BCUT2D eigenvalue weighted by atomic mass is 9.90. The van der Waals surface area contributed by atoms with Gasteiger partial charge in [-0.25, -0.2) is 0 Å². The molecule has 2 atom stereocenters. The molecule has 1 heterocycles. The van der Waals surface area contributed by atoms with Crippen LogP contribution in [-0.4, -0.2) is 61.3 Å². The van der Waals surface area contributed by atoms with Crippen LogP contribution in [0.25, 0.3) is 0 Å². The summed E-state index contributed by atoms with van der Waals surface area (Å²) in [6, 6.07) is -0.303. The number of methoxy groups -OCH3 is 1. The van der Waals surface area contributed by atoms with E-state index in [1.54, 1.807) is 21.0 Å². The van der Waals surface area contributed by atoms with Gasteiger partial charge >= 0.3 is 5.97 Å². The molecule has 0 aromatic heterocycles. The SMILES string of the molecule is COCCNC(=O)C(C)N1CCC(C)(C(=O)O)C1. The fourth-order valence-electron chi connectivity index (χ4n) is 2.09. The highest BCUT2D eigenvalue weighted by Crippen LogP contribution is 2.31. The van der Waals surface area contributed by atoms with Gasteiger partial charge in [0.1, 0.15) is 0 Å². The van der Waals surface area contributed by atoms with Crippen molar-refractivity contribution < 1.29 is 19.4 Å². The van der Waals surface area contributed by atoms with E-state index >= 15 is 0 Å². The van der Waals surface area contributed by atoms with Crippen LogP contribution in [0.2, 0.25) is 0 Å². The molecule has 6 nitrogen and oxygen atoms in total. The van der Waals surface area contributed by atoms with Crippen LogP contribution in [-0.2, 0) is 14.3 Å². The van der Waals surface area contributed by atoms with E-state index in [0.29, 0.717) is 32.7 Å². The number of hydrogen-bond donors (Lipinski definition) is 2. The number of carboxylic acids is 1. The van der Waals surface area contributed by atoms with Crippen molar-refractivity contribution in [2.75, 3.05) is 33.4 Å². The number of ether oxygens (including phenoxy) is 1. The Morgan fingerprint density at radius 1 is 1.56 bits per heavy atom. The highest BCUT2D eigenvalue weighted by Gasteiger charge is 2.42. The Hall–Kier alpha value is -1.14. The maximum absolute atomic E-state index is 11.8. The van der Waals surface area contributed by atoms with Gasteiger partial charge in [-0.05, 0) is 20.3 Å². The maximum Gasteiger partial charge on any atom is 0.310 e. The van der Waals surface area contributed by atoms with Gasteiger partial charge in [-0.3, -0.25) is 14.5 Å². The molecule has 1 amide bonds. The molecule has 0 bridgehead atoms. The van der Waals surface area contributed by atoms with Gasteiger partial charge in [0.05, 0.1) is 18.1 Å². The van der Waals surface area contributed by atoms with Crippen LogP contribution in [0, 0.1) is 5.41 Å². The zero-order valence-corrected chi connectivity index (χ0v) is 11.2. The second kappa shape index (κ2) is 6.15. The van der Waals surface area contributed by atoms with Gasteiger partial charge in [0.2, 0.25) is 5.91 Å². The van der Waals surface area contributed by atoms with Crippen molar-refractivity contribution in [3.63, 3.8) is 0 Å². The number of nitrogens with zero attached hydrogens (tertiary/aromatic N) is 1. The summed E-state index contributed by atoms with van der Waals surface area (Å²) in [5, 5.41) is 11.9. The summed E-state index contributed by atoms with van der Waals surface area (Å²) in [7, 11) is 1.58. The number of amides is 1. The van der Waals surface area contributed by atoms with Crippen molar-refractivity contribution >= 4 is 11.9 Å². The zero-order valence-electron chi connectivity index (χ0n) is 11.2. The standard InChI is InChI=1S/C12H22N2O4/c1-9(10(15)13-5-7-18-3)14-6-4-12(2,8-14)11(16)17/h9H,4-8H2,1-3H3,(H,13,15)(H,16,17). The summed E-state index contributed by atoms with van der Waals surface area (Å²) in [5.74, 6) is -0.876. The van der Waals surface area contributed by atoms with Crippen molar-refractivity contribution in [1.29, 1.82) is 0 Å². The van der Waals surface area contributed by atoms with E-state index in [2.05, 4.69) is 5.32 Å². The number of nitrogens with one attached hydrogen (secondary N) is 1. The van der Waals surface area contributed by atoms with E-state index in [0.717, 1.165) is 0 Å². The summed E-state index contributed by atoms with van der Waals surface area (Å²) >= 11 is 0. The molecule has 0 radical (unpaired) electrons. The van der Waals surface area contributed by atoms with Crippen LogP contribution in [0.4, 0.5) is 0 Å².